The number of ether oxygens (including phenoxy) is 1. The number of pyridine rings is 1. The van der Waals surface area contributed by atoms with E-state index in [1.54, 1.807) is 20.0 Å². The van der Waals surface area contributed by atoms with Gasteiger partial charge in [-0.3, -0.25) is 14.7 Å². The fraction of sp³-hybridized carbons (Fsp3) is 0.381. The molecule has 14 heteroatoms. The molecular weight excluding hydrogens is 495 g/mol. The highest BCUT2D eigenvalue weighted by atomic mass is 32.1. The summed E-state index contributed by atoms with van der Waals surface area (Å²) in [6, 6.07) is 3.10. The van der Waals surface area contributed by atoms with E-state index < -0.39 is 24.2 Å². The van der Waals surface area contributed by atoms with Crippen molar-refractivity contribution < 1.29 is 31.5 Å². The molecule has 8 nitrogen and oxygen atoms in total. The van der Waals surface area contributed by atoms with E-state index in [0.717, 1.165) is 17.7 Å². The van der Waals surface area contributed by atoms with Crippen molar-refractivity contribution in [3.05, 3.63) is 58.2 Å². The van der Waals surface area contributed by atoms with Crippen LogP contribution in [-0.2, 0) is 12.6 Å². The lowest BCUT2D eigenvalue weighted by atomic mass is 10.1. The van der Waals surface area contributed by atoms with Gasteiger partial charge in [-0.2, -0.15) is 17.5 Å². The first-order valence-corrected chi connectivity index (χ1v) is 11.0. The summed E-state index contributed by atoms with van der Waals surface area (Å²) < 4.78 is 72.3. The van der Waals surface area contributed by atoms with Gasteiger partial charge < -0.3 is 10.1 Å². The zero-order chi connectivity index (χ0) is 25.6. The molecule has 0 aliphatic rings. The molecule has 0 aliphatic carbocycles. The lowest BCUT2D eigenvalue weighted by molar-refractivity contribution is -0.141. The number of aryl methyl sites for hydroxylation is 1. The Labute approximate surface area is 201 Å². The van der Waals surface area contributed by atoms with Crippen molar-refractivity contribution in [1.29, 1.82) is 0 Å². The SMILES string of the molecule is Cc1nsc(Cc2cnc(C(F)(F)F)cn2)c1C(=O)Nc1ccc(OCCN(C)CC(F)F)nc1. The van der Waals surface area contributed by atoms with Crippen LogP contribution in [-0.4, -0.2) is 63.3 Å². The maximum Gasteiger partial charge on any atom is 0.434 e. The number of anilines is 1. The van der Waals surface area contributed by atoms with Crippen LogP contribution < -0.4 is 10.1 Å². The average molecular weight is 516 g/mol. The van der Waals surface area contributed by atoms with Crippen LogP contribution >= 0.6 is 11.5 Å². The van der Waals surface area contributed by atoms with E-state index in [1.807, 2.05) is 0 Å². The summed E-state index contributed by atoms with van der Waals surface area (Å²) in [7, 11) is 1.56. The van der Waals surface area contributed by atoms with Crippen molar-refractivity contribution in [3.8, 4) is 5.88 Å². The van der Waals surface area contributed by atoms with E-state index in [4.69, 9.17) is 4.74 Å². The predicted molar refractivity (Wildman–Crippen MR) is 118 cm³/mol. The van der Waals surface area contributed by atoms with Crippen LogP contribution in [0.5, 0.6) is 5.88 Å². The van der Waals surface area contributed by atoms with Crippen molar-refractivity contribution in [2.24, 2.45) is 0 Å². The number of halogens is 5. The Morgan fingerprint density at radius 1 is 1.17 bits per heavy atom. The van der Waals surface area contributed by atoms with Crippen LogP contribution in [0.3, 0.4) is 0 Å². The molecule has 0 spiro atoms. The highest BCUT2D eigenvalue weighted by Crippen LogP contribution is 2.27. The quantitative estimate of drug-likeness (QED) is 0.406. The molecule has 3 rings (SSSR count). The summed E-state index contributed by atoms with van der Waals surface area (Å²) in [6.45, 7) is 1.75. The molecule has 0 aromatic carbocycles. The Morgan fingerprint density at radius 2 is 1.94 bits per heavy atom. The van der Waals surface area contributed by atoms with Crippen LogP contribution in [0.2, 0.25) is 0 Å². The average Bonchev–Trinajstić information content (AvgIpc) is 3.14. The van der Waals surface area contributed by atoms with E-state index >= 15 is 0 Å². The molecule has 1 amide bonds. The molecule has 0 fully saturated rings. The monoisotopic (exact) mass is 516 g/mol. The Morgan fingerprint density at radius 3 is 2.54 bits per heavy atom. The third-order valence-corrected chi connectivity index (χ3v) is 5.60. The highest BCUT2D eigenvalue weighted by molar-refractivity contribution is 7.06. The third-order valence-electron chi connectivity index (χ3n) is 4.66. The third kappa shape index (κ3) is 7.62. The standard InChI is InChI=1S/C21H21F5N6O2S/c1-12-19(15(35-31-12)7-14-9-28-16(10-27-14)21(24,25)26)20(33)30-13-3-4-18(29-8-13)34-6-5-32(2)11-17(22)23/h3-4,8-10,17H,5-7,11H2,1-2H3,(H,30,33). The molecule has 0 radical (unpaired) electrons. The Kier molecular flexibility index (Phi) is 8.62. The Bertz CT molecular complexity index is 1120. The number of carbonyl (C=O) groups is 1. The second kappa shape index (κ2) is 11.4. The molecule has 3 aromatic rings. The van der Waals surface area contributed by atoms with Gasteiger partial charge in [0.05, 0.1) is 41.6 Å². The lowest BCUT2D eigenvalue weighted by Gasteiger charge is -2.15. The number of likely N-dealkylation sites (N-methyl/N-ethyl adjacent to an activating group) is 1. The van der Waals surface area contributed by atoms with Gasteiger partial charge in [-0.25, -0.2) is 18.7 Å². The zero-order valence-corrected chi connectivity index (χ0v) is 19.5. The van der Waals surface area contributed by atoms with Crippen LogP contribution in [0.15, 0.2) is 30.7 Å². The van der Waals surface area contributed by atoms with Crippen LogP contribution in [0.1, 0.15) is 32.3 Å². The smallest absolute Gasteiger partial charge is 0.434 e. The summed E-state index contributed by atoms with van der Waals surface area (Å²) in [6.07, 6.45) is -3.87. The van der Waals surface area contributed by atoms with E-state index in [9.17, 15) is 26.7 Å². The predicted octanol–water partition coefficient (Wildman–Crippen LogP) is 4.07. The first kappa shape index (κ1) is 26.3. The van der Waals surface area contributed by atoms with Crippen molar-refractivity contribution in [2.45, 2.75) is 25.9 Å². The zero-order valence-electron chi connectivity index (χ0n) is 18.6. The minimum Gasteiger partial charge on any atom is -0.476 e. The van der Waals surface area contributed by atoms with Crippen LogP contribution in [0, 0.1) is 6.92 Å². The topological polar surface area (TPSA) is 93.1 Å². The molecule has 35 heavy (non-hydrogen) atoms. The fourth-order valence-electron chi connectivity index (χ4n) is 2.95. The summed E-state index contributed by atoms with van der Waals surface area (Å²) in [4.78, 5) is 26.1. The molecular formula is C21H21F5N6O2S. The van der Waals surface area contributed by atoms with Crippen LogP contribution in [0.25, 0.3) is 0 Å². The molecule has 0 unspecified atom stereocenters. The van der Waals surface area contributed by atoms with Crippen molar-refractivity contribution in [2.75, 3.05) is 32.1 Å². The van der Waals surface area contributed by atoms with Gasteiger partial charge >= 0.3 is 6.18 Å². The number of hydrogen-bond donors (Lipinski definition) is 1. The summed E-state index contributed by atoms with van der Waals surface area (Å²) in [5, 5.41) is 2.70. The van der Waals surface area contributed by atoms with Gasteiger partial charge in [0.25, 0.3) is 12.3 Å². The lowest BCUT2D eigenvalue weighted by Crippen LogP contribution is -2.29. The normalized spacial score (nSPS) is 11.8. The summed E-state index contributed by atoms with van der Waals surface area (Å²) in [5.74, 6) is -0.196. The second-order valence-electron chi connectivity index (χ2n) is 7.47. The number of aromatic nitrogens is 4. The van der Waals surface area contributed by atoms with Gasteiger partial charge in [-0.15, -0.1) is 0 Å². The second-order valence-corrected chi connectivity index (χ2v) is 8.33. The number of nitrogens with one attached hydrogen (secondary N) is 1. The van der Waals surface area contributed by atoms with E-state index in [-0.39, 0.29) is 31.1 Å². The van der Waals surface area contributed by atoms with Gasteiger partial charge in [0.2, 0.25) is 5.88 Å². The number of hydrogen-bond acceptors (Lipinski definition) is 8. The number of carbonyl (C=O) groups excluding carboxylic acids is 1. The molecule has 0 atom stereocenters. The largest absolute Gasteiger partial charge is 0.476 e. The molecule has 0 bridgehead atoms. The van der Waals surface area contributed by atoms with E-state index in [2.05, 4.69) is 24.6 Å². The van der Waals surface area contributed by atoms with Crippen LogP contribution in [0.4, 0.5) is 27.6 Å². The van der Waals surface area contributed by atoms with Crippen molar-refractivity contribution >= 4 is 23.1 Å². The summed E-state index contributed by atoms with van der Waals surface area (Å²) >= 11 is 1.05. The molecule has 3 heterocycles. The maximum atomic E-state index is 12.9. The Balaban J connectivity index is 1.60. The van der Waals surface area contributed by atoms with Crippen molar-refractivity contribution in [3.63, 3.8) is 0 Å². The molecule has 0 aliphatic heterocycles. The number of nitrogens with zero attached hydrogens (tertiary/aromatic N) is 5. The summed E-state index contributed by atoms with van der Waals surface area (Å²) in [5.41, 5.74) is 0.295. The number of rotatable bonds is 10. The molecule has 1 N–H and O–H groups in total. The maximum absolute atomic E-state index is 12.9. The first-order chi connectivity index (χ1) is 16.5. The molecule has 188 valence electrons. The molecule has 0 saturated carbocycles. The van der Waals surface area contributed by atoms with Gasteiger partial charge in [-0.05, 0) is 31.6 Å². The molecule has 3 aromatic heterocycles. The van der Waals surface area contributed by atoms with Gasteiger partial charge in [0.15, 0.2) is 5.69 Å². The molecule has 0 saturated heterocycles. The first-order valence-electron chi connectivity index (χ1n) is 10.2. The number of alkyl halides is 5. The number of amides is 1. The van der Waals surface area contributed by atoms with Gasteiger partial charge in [-0.1, -0.05) is 0 Å². The minimum absolute atomic E-state index is 0.0877. The van der Waals surface area contributed by atoms with E-state index in [0.29, 0.717) is 34.6 Å². The van der Waals surface area contributed by atoms with Crippen molar-refractivity contribution in [1.82, 2.24) is 24.2 Å². The fourth-order valence-corrected chi connectivity index (χ4v) is 3.83. The van der Waals surface area contributed by atoms with Gasteiger partial charge in [0, 0.05) is 30.1 Å². The Hall–Kier alpha value is -3.26. The minimum atomic E-state index is -4.59. The van der Waals surface area contributed by atoms with Gasteiger partial charge in [0.1, 0.15) is 6.61 Å². The van der Waals surface area contributed by atoms with E-state index in [1.165, 1.54) is 17.2 Å². The highest BCUT2D eigenvalue weighted by Gasteiger charge is 2.32.